The lowest BCUT2D eigenvalue weighted by Gasteiger charge is -1.93. The Morgan fingerprint density at radius 3 is 2.86 bits per heavy atom. The predicted molar refractivity (Wildman–Crippen MR) is 28.5 cm³/mol. The van der Waals surface area contributed by atoms with Crippen molar-refractivity contribution in [1.82, 2.24) is 0 Å². The highest BCUT2D eigenvalue weighted by Crippen LogP contribution is 2.10. The van der Waals surface area contributed by atoms with Gasteiger partial charge in [-0.15, -0.1) is 0 Å². The average molecular weight is 120 g/mol. The molecule has 0 N–H and O–H groups in total. The standard InChI is InChI=1S/C4H6ClNO/c1-3-2-4(5)6-7-3/h3H,2H2,1H3/t3-/m1/s1. The molecule has 0 saturated heterocycles. The second kappa shape index (κ2) is 1.70. The smallest absolute Gasteiger partial charge is 0.149 e. The van der Waals surface area contributed by atoms with Crippen molar-refractivity contribution < 1.29 is 4.84 Å². The lowest BCUT2D eigenvalue weighted by Crippen LogP contribution is -1.96. The first-order chi connectivity index (χ1) is 3.29. The molecule has 0 spiro atoms. The SMILES string of the molecule is C[C@@H]1CC(Cl)=NO1. The molecule has 0 fully saturated rings. The van der Waals surface area contributed by atoms with E-state index in [0.29, 0.717) is 5.17 Å². The van der Waals surface area contributed by atoms with Gasteiger partial charge in [0, 0.05) is 6.42 Å². The minimum Gasteiger partial charge on any atom is -0.391 e. The molecule has 1 heterocycles. The molecule has 0 saturated carbocycles. The Hall–Kier alpha value is -0.240. The Bertz CT molecular complexity index is 102. The van der Waals surface area contributed by atoms with Crippen LogP contribution in [0.15, 0.2) is 5.16 Å². The summed E-state index contributed by atoms with van der Waals surface area (Å²) in [4.78, 5) is 4.72. The van der Waals surface area contributed by atoms with Crippen LogP contribution in [-0.4, -0.2) is 11.3 Å². The molecule has 0 unspecified atom stereocenters. The number of halogens is 1. The van der Waals surface area contributed by atoms with E-state index in [0.717, 1.165) is 6.42 Å². The Morgan fingerprint density at radius 1 is 2.00 bits per heavy atom. The van der Waals surface area contributed by atoms with Gasteiger partial charge in [-0.3, -0.25) is 0 Å². The summed E-state index contributed by atoms with van der Waals surface area (Å²) in [5, 5.41) is 4.08. The summed E-state index contributed by atoms with van der Waals surface area (Å²) in [5.74, 6) is 0. The highest BCUT2D eigenvalue weighted by Gasteiger charge is 2.12. The van der Waals surface area contributed by atoms with Gasteiger partial charge in [0.2, 0.25) is 0 Å². The maximum Gasteiger partial charge on any atom is 0.149 e. The molecular weight excluding hydrogens is 114 g/mol. The Kier molecular flexibility index (Phi) is 1.19. The lowest BCUT2D eigenvalue weighted by molar-refractivity contribution is 0.0996. The third-order valence-corrected chi connectivity index (χ3v) is 1.01. The monoisotopic (exact) mass is 119 g/mol. The summed E-state index contributed by atoms with van der Waals surface area (Å²) in [6, 6.07) is 0. The van der Waals surface area contributed by atoms with Crippen molar-refractivity contribution in [3.8, 4) is 0 Å². The van der Waals surface area contributed by atoms with Crippen molar-refractivity contribution in [2.45, 2.75) is 19.4 Å². The zero-order chi connectivity index (χ0) is 5.28. The van der Waals surface area contributed by atoms with Crippen LogP contribution in [0.3, 0.4) is 0 Å². The number of oxime groups is 1. The number of hydrogen-bond donors (Lipinski definition) is 0. The molecule has 1 rings (SSSR count). The molecule has 0 amide bonds. The van der Waals surface area contributed by atoms with Gasteiger partial charge in [-0.25, -0.2) is 0 Å². The largest absolute Gasteiger partial charge is 0.391 e. The number of nitrogens with zero attached hydrogens (tertiary/aromatic N) is 1. The summed E-state index contributed by atoms with van der Waals surface area (Å²) in [7, 11) is 0. The van der Waals surface area contributed by atoms with Crippen LogP contribution in [0.25, 0.3) is 0 Å². The van der Waals surface area contributed by atoms with Crippen molar-refractivity contribution in [2.24, 2.45) is 5.16 Å². The second-order valence-electron chi connectivity index (χ2n) is 1.59. The molecule has 0 aromatic rings. The van der Waals surface area contributed by atoms with Crippen LogP contribution in [0.4, 0.5) is 0 Å². The number of rotatable bonds is 0. The maximum atomic E-state index is 5.43. The van der Waals surface area contributed by atoms with Crippen LogP contribution in [-0.2, 0) is 4.84 Å². The molecule has 0 aliphatic carbocycles. The zero-order valence-corrected chi connectivity index (χ0v) is 4.77. The minimum atomic E-state index is 0.187. The van der Waals surface area contributed by atoms with E-state index in [9.17, 15) is 0 Å². The first kappa shape index (κ1) is 4.91. The van der Waals surface area contributed by atoms with Gasteiger partial charge in [-0.05, 0) is 6.92 Å². The first-order valence-corrected chi connectivity index (χ1v) is 2.55. The summed E-state index contributed by atoms with van der Waals surface area (Å²) in [6.07, 6.45) is 0.953. The maximum absolute atomic E-state index is 5.43. The summed E-state index contributed by atoms with van der Waals surface area (Å²) in [5.41, 5.74) is 0. The fourth-order valence-electron chi connectivity index (χ4n) is 0.459. The molecule has 3 heteroatoms. The van der Waals surface area contributed by atoms with E-state index < -0.39 is 0 Å². The van der Waals surface area contributed by atoms with Gasteiger partial charge in [0.05, 0.1) is 0 Å². The van der Waals surface area contributed by atoms with Crippen molar-refractivity contribution in [3.05, 3.63) is 0 Å². The predicted octanol–water partition coefficient (Wildman–Crippen LogP) is 1.35. The van der Waals surface area contributed by atoms with E-state index in [1.54, 1.807) is 0 Å². The lowest BCUT2D eigenvalue weighted by atomic mass is 10.3. The summed E-state index contributed by atoms with van der Waals surface area (Å²) in [6.45, 7) is 1.93. The van der Waals surface area contributed by atoms with E-state index in [-0.39, 0.29) is 6.10 Å². The molecular formula is C4H6ClNO. The summed E-state index contributed by atoms with van der Waals surface area (Å²) >= 11 is 5.43. The van der Waals surface area contributed by atoms with Crippen LogP contribution in [0.2, 0.25) is 0 Å². The van der Waals surface area contributed by atoms with Crippen LogP contribution < -0.4 is 0 Å². The van der Waals surface area contributed by atoms with Crippen molar-refractivity contribution in [3.63, 3.8) is 0 Å². The van der Waals surface area contributed by atoms with E-state index in [4.69, 9.17) is 16.4 Å². The van der Waals surface area contributed by atoms with Crippen LogP contribution >= 0.6 is 11.6 Å². The van der Waals surface area contributed by atoms with Gasteiger partial charge in [0.1, 0.15) is 11.3 Å². The van der Waals surface area contributed by atoms with Gasteiger partial charge in [0.25, 0.3) is 0 Å². The third kappa shape index (κ3) is 1.06. The molecule has 0 bridgehead atoms. The van der Waals surface area contributed by atoms with Crippen LogP contribution in [0, 0.1) is 0 Å². The van der Waals surface area contributed by atoms with Crippen molar-refractivity contribution in [2.75, 3.05) is 0 Å². The Labute approximate surface area is 47.1 Å². The van der Waals surface area contributed by atoms with E-state index in [1.807, 2.05) is 6.92 Å². The highest BCUT2D eigenvalue weighted by atomic mass is 35.5. The summed E-state index contributed by atoms with van der Waals surface area (Å²) < 4.78 is 0. The fraction of sp³-hybridized carbons (Fsp3) is 0.750. The van der Waals surface area contributed by atoms with Gasteiger partial charge < -0.3 is 4.84 Å². The molecule has 1 aliphatic heterocycles. The van der Waals surface area contributed by atoms with Crippen molar-refractivity contribution >= 4 is 16.8 Å². The molecule has 2 nitrogen and oxygen atoms in total. The van der Waals surface area contributed by atoms with Gasteiger partial charge in [-0.2, -0.15) is 0 Å². The highest BCUT2D eigenvalue weighted by molar-refractivity contribution is 6.65. The average Bonchev–Trinajstić information content (AvgIpc) is 1.87. The first-order valence-electron chi connectivity index (χ1n) is 2.17. The Balaban J connectivity index is 2.42. The molecule has 1 aliphatic rings. The molecule has 40 valence electrons. The van der Waals surface area contributed by atoms with Crippen LogP contribution in [0.1, 0.15) is 13.3 Å². The topological polar surface area (TPSA) is 21.6 Å². The van der Waals surface area contributed by atoms with E-state index in [2.05, 4.69) is 5.16 Å². The third-order valence-electron chi connectivity index (χ3n) is 0.788. The minimum absolute atomic E-state index is 0.187. The van der Waals surface area contributed by atoms with Gasteiger partial charge in [-0.1, -0.05) is 16.8 Å². The van der Waals surface area contributed by atoms with E-state index >= 15 is 0 Å². The van der Waals surface area contributed by atoms with Gasteiger partial charge in [0.15, 0.2) is 0 Å². The molecule has 1 atom stereocenters. The van der Waals surface area contributed by atoms with E-state index in [1.165, 1.54) is 0 Å². The molecule has 7 heavy (non-hydrogen) atoms. The molecule has 0 aromatic carbocycles. The molecule has 0 radical (unpaired) electrons. The van der Waals surface area contributed by atoms with Crippen molar-refractivity contribution in [1.29, 1.82) is 0 Å². The Morgan fingerprint density at radius 2 is 2.71 bits per heavy atom. The van der Waals surface area contributed by atoms with Gasteiger partial charge >= 0.3 is 0 Å². The quantitative estimate of drug-likeness (QED) is 0.472. The van der Waals surface area contributed by atoms with Crippen LogP contribution in [0.5, 0.6) is 0 Å². The normalized spacial score (nSPS) is 29.4. The number of hydrogen-bond acceptors (Lipinski definition) is 2. The zero-order valence-electron chi connectivity index (χ0n) is 4.02. The fourth-order valence-corrected chi connectivity index (χ4v) is 0.716. The second-order valence-corrected chi connectivity index (χ2v) is 2.02. The molecule has 0 aromatic heterocycles.